The second-order valence-electron chi connectivity index (χ2n) is 8.43. The Bertz CT molecular complexity index is 1190. The van der Waals surface area contributed by atoms with Crippen molar-refractivity contribution in [2.24, 2.45) is 0 Å². The van der Waals surface area contributed by atoms with Gasteiger partial charge in [0, 0.05) is 29.6 Å². The molecule has 33 heavy (non-hydrogen) atoms. The summed E-state index contributed by atoms with van der Waals surface area (Å²) in [6.45, 7) is 4.74. The maximum absolute atomic E-state index is 12.6. The third kappa shape index (κ3) is 5.37. The first-order valence-corrected chi connectivity index (χ1v) is 11.2. The van der Waals surface area contributed by atoms with E-state index < -0.39 is 0 Å². The summed E-state index contributed by atoms with van der Waals surface area (Å²) in [7, 11) is 1.66. The third-order valence-corrected chi connectivity index (χ3v) is 5.93. The van der Waals surface area contributed by atoms with Crippen LogP contribution in [0.25, 0.3) is 10.9 Å². The molecule has 0 spiro atoms. The fourth-order valence-electron chi connectivity index (χ4n) is 3.99. The van der Waals surface area contributed by atoms with E-state index in [1.165, 1.54) is 5.56 Å². The summed E-state index contributed by atoms with van der Waals surface area (Å²) in [5, 5.41) is 4.20. The van der Waals surface area contributed by atoms with Crippen molar-refractivity contribution in [1.82, 2.24) is 10.3 Å². The van der Waals surface area contributed by atoms with E-state index in [2.05, 4.69) is 36.3 Å². The van der Waals surface area contributed by atoms with Crippen LogP contribution in [0.15, 0.2) is 79.0 Å². The molecule has 1 unspecified atom stereocenters. The fraction of sp³-hybridized carbons (Fsp3) is 0.250. The van der Waals surface area contributed by atoms with Crippen LogP contribution in [-0.4, -0.2) is 31.2 Å². The first kappa shape index (κ1) is 22.5. The molecule has 0 aliphatic carbocycles. The molecule has 5 heteroatoms. The normalized spacial score (nSPS) is 12.0. The zero-order valence-electron chi connectivity index (χ0n) is 19.3. The summed E-state index contributed by atoms with van der Waals surface area (Å²) in [6.07, 6.45) is 2.03. The minimum absolute atomic E-state index is 0.0127. The predicted octanol–water partition coefficient (Wildman–Crippen LogP) is 5.63. The maximum Gasteiger partial charge on any atom is 0.257 e. The summed E-state index contributed by atoms with van der Waals surface area (Å²) in [5.41, 5.74) is 4.56. The van der Waals surface area contributed by atoms with E-state index in [1.807, 2.05) is 66.9 Å². The number of rotatable bonds is 9. The standard InChI is InChI=1S/C28H30N2O3/c1-19(2)20-8-14-23(15-9-20)33-18-28(31)30-16-25(21-10-12-22(32-3)13-11-21)26-17-29-27-7-5-4-6-24(26)27/h4-15,17,19,25,29H,16,18H2,1-3H3,(H,30,31). The van der Waals surface area contributed by atoms with E-state index in [0.29, 0.717) is 18.2 Å². The smallest absolute Gasteiger partial charge is 0.257 e. The van der Waals surface area contributed by atoms with Gasteiger partial charge in [0.1, 0.15) is 11.5 Å². The molecular weight excluding hydrogens is 412 g/mol. The largest absolute Gasteiger partial charge is 0.497 e. The number of H-pyrrole nitrogens is 1. The van der Waals surface area contributed by atoms with Crippen LogP contribution >= 0.6 is 0 Å². The molecule has 5 nitrogen and oxygen atoms in total. The van der Waals surface area contributed by atoms with Gasteiger partial charge in [-0.2, -0.15) is 0 Å². The first-order valence-electron chi connectivity index (χ1n) is 11.2. The number of para-hydroxylation sites is 1. The van der Waals surface area contributed by atoms with Gasteiger partial charge in [-0.25, -0.2) is 0 Å². The molecule has 0 aliphatic heterocycles. The SMILES string of the molecule is COc1ccc(C(CNC(=O)COc2ccc(C(C)C)cc2)c2c[nH]c3ccccc23)cc1. The number of fused-ring (bicyclic) bond motifs is 1. The Morgan fingerprint density at radius 1 is 0.909 bits per heavy atom. The minimum Gasteiger partial charge on any atom is -0.497 e. The zero-order valence-corrected chi connectivity index (χ0v) is 19.3. The number of methoxy groups -OCH3 is 1. The van der Waals surface area contributed by atoms with Gasteiger partial charge in [0.05, 0.1) is 7.11 Å². The van der Waals surface area contributed by atoms with Crippen LogP contribution in [0.3, 0.4) is 0 Å². The zero-order chi connectivity index (χ0) is 23.2. The third-order valence-electron chi connectivity index (χ3n) is 5.93. The van der Waals surface area contributed by atoms with Gasteiger partial charge in [0.15, 0.2) is 6.61 Å². The number of benzene rings is 3. The van der Waals surface area contributed by atoms with Gasteiger partial charge in [0.2, 0.25) is 0 Å². The van der Waals surface area contributed by atoms with Crippen molar-refractivity contribution in [2.75, 3.05) is 20.3 Å². The Labute approximate surface area is 194 Å². The van der Waals surface area contributed by atoms with Crippen molar-refractivity contribution in [3.8, 4) is 11.5 Å². The number of hydrogen-bond donors (Lipinski definition) is 2. The molecule has 1 heterocycles. The van der Waals surface area contributed by atoms with Crippen molar-refractivity contribution in [1.29, 1.82) is 0 Å². The van der Waals surface area contributed by atoms with Gasteiger partial charge < -0.3 is 19.8 Å². The summed E-state index contributed by atoms with van der Waals surface area (Å²) in [4.78, 5) is 15.9. The van der Waals surface area contributed by atoms with E-state index in [1.54, 1.807) is 7.11 Å². The van der Waals surface area contributed by atoms with Crippen molar-refractivity contribution in [3.63, 3.8) is 0 Å². The molecule has 4 rings (SSSR count). The Morgan fingerprint density at radius 3 is 2.27 bits per heavy atom. The Morgan fingerprint density at radius 2 is 1.58 bits per heavy atom. The first-order chi connectivity index (χ1) is 16.0. The highest BCUT2D eigenvalue weighted by atomic mass is 16.5. The van der Waals surface area contributed by atoms with E-state index in [-0.39, 0.29) is 18.4 Å². The lowest BCUT2D eigenvalue weighted by Gasteiger charge is -2.19. The number of carbonyl (C=O) groups excluding carboxylic acids is 1. The summed E-state index contributed by atoms with van der Waals surface area (Å²) in [5.74, 6) is 1.79. The molecule has 0 saturated heterocycles. The maximum atomic E-state index is 12.6. The molecule has 0 aliphatic rings. The molecule has 4 aromatic rings. The van der Waals surface area contributed by atoms with Crippen molar-refractivity contribution >= 4 is 16.8 Å². The average molecular weight is 443 g/mol. The molecule has 1 atom stereocenters. The Hall–Kier alpha value is -3.73. The topological polar surface area (TPSA) is 63.4 Å². The van der Waals surface area contributed by atoms with Crippen molar-refractivity contribution in [3.05, 3.63) is 95.7 Å². The molecule has 170 valence electrons. The predicted molar refractivity (Wildman–Crippen MR) is 132 cm³/mol. The number of aromatic nitrogens is 1. The molecule has 1 aromatic heterocycles. The summed E-state index contributed by atoms with van der Waals surface area (Å²) < 4.78 is 11.0. The van der Waals surface area contributed by atoms with E-state index in [4.69, 9.17) is 9.47 Å². The number of ether oxygens (including phenoxy) is 2. The molecule has 0 radical (unpaired) electrons. The quantitative estimate of drug-likeness (QED) is 0.353. The highest BCUT2D eigenvalue weighted by Crippen LogP contribution is 2.31. The summed E-state index contributed by atoms with van der Waals surface area (Å²) in [6, 6.07) is 24.1. The van der Waals surface area contributed by atoms with Gasteiger partial charge in [-0.3, -0.25) is 4.79 Å². The van der Waals surface area contributed by atoms with Crippen LogP contribution in [0, 0.1) is 0 Å². The van der Waals surface area contributed by atoms with Crippen LogP contribution in [0.5, 0.6) is 11.5 Å². The molecule has 0 saturated carbocycles. The van der Waals surface area contributed by atoms with Crippen molar-refractivity contribution in [2.45, 2.75) is 25.7 Å². The van der Waals surface area contributed by atoms with E-state index >= 15 is 0 Å². The second kappa shape index (κ2) is 10.3. The fourth-order valence-corrected chi connectivity index (χ4v) is 3.99. The number of nitrogens with one attached hydrogen (secondary N) is 2. The minimum atomic E-state index is -0.152. The molecule has 0 bridgehead atoms. The molecule has 3 aromatic carbocycles. The number of amides is 1. The average Bonchev–Trinajstić information content (AvgIpc) is 3.27. The van der Waals surface area contributed by atoms with Crippen LogP contribution in [0.1, 0.15) is 42.4 Å². The van der Waals surface area contributed by atoms with Crippen LogP contribution in [0.4, 0.5) is 0 Å². The van der Waals surface area contributed by atoms with Gasteiger partial charge in [-0.15, -0.1) is 0 Å². The van der Waals surface area contributed by atoms with Gasteiger partial charge >= 0.3 is 0 Å². The number of aromatic amines is 1. The lowest BCUT2D eigenvalue weighted by molar-refractivity contribution is -0.123. The summed E-state index contributed by atoms with van der Waals surface area (Å²) >= 11 is 0. The highest BCUT2D eigenvalue weighted by molar-refractivity contribution is 5.84. The lowest BCUT2D eigenvalue weighted by Crippen LogP contribution is -2.32. The van der Waals surface area contributed by atoms with E-state index in [0.717, 1.165) is 27.8 Å². The highest BCUT2D eigenvalue weighted by Gasteiger charge is 2.19. The van der Waals surface area contributed by atoms with Crippen LogP contribution < -0.4 is 14.8 Å². The van der Waals surface area contributed by atoms with Crippen molar-refractivity contribution < 1.29 is 14.3 Å². The monoisotopic (exact) mass is 442 g/mol. The Balaban J connectivity index is 1.46. The van der Waals surface area contributed by atoms with Crippen LogP contribution in [-0.2, 0) is 4.79 Å². The molecular formula is C28H30N2O3. The number of carbonyl (C=O) groups is 1. The molecule has 2 N–H and O–H groups in total. The lowest BCUT2D eigenvalue weighted by atomic mass is 9.91. The number of hydrogen-bond acceptors (Lipinski definition) is 3. The molecule has 1 amide bonds. The molecule has 0 fully saturated rings. The van der Waals surface area contributed by atoms with E-state index in [9.17, 15) is 4.79 Å². The van der Waals surface area contributed by atoms with Gasteiger partial charge in [0.25, 0.3) is 5.91 Å². The van der Waals surface area contributed by atoms with Crippen LogP contribution in [0.2, 0.25) is 0 Å². The second-order valence-corrected chi connectivity index (χ2v) is 8.43. The van der Waals surface area contributed by atoms with Gasteiger partial charge in [-0.1, -0.05) is 56.3 Å². The van der Waals surface area contributed by atoms with Gasteiger partial charge in [-0.05, 0) is 52.9 Å². The Kier molecular flexibility index (Phi) is 6.98.